The summed E-state index contributed by atoms with van der Waals surface area (Å²) in [6.07, 6.45) is 6.82. The second-order valence-corrected chi connectivity index (χ2v) is 4.88. The van der Waals surface area contributed by atoms with Crippen molar-refractivity contribution in [3.05, 3.63) is 0 Å². The molecule has 0 aromatic rings. The predicted octanol–water partition coefficient (Wildman–Crippen LogP) is 2.43. The summed E-state index contributed by atoms with van der Waals surface area (Å²) in [5.74, 6) is -0.222. The van der Waals surface area contributed by atoms with E-state index in [-0.39, 0.29) is 6.61 Å². The summed E-state index contributed by atoms with van der Waals surface area (Å²) in [5.41, 5.74) is -0.487. The van der Waals surface area contributed by atoms with Crippen LogP contribution in [0.4, 0.5) is 0 Å². The van der Waals surface area contributed by atoms with Crippen molar-refractivity contribution < 1.29 is 15.0 Å². The summed E-state index contributed by atoms with van der Waals surface area (Å²) in [6, 6.07) is 0. The maximum atomic E-state index is 11.2. The molecule has 1 rings (SSSR count). The van der Waals surface area contributed by atoms with E-state index in [4.69, 9.17) is 5.11 Å². The van der Waals surface area contributed by atoms with Crippen molar-refractivity contribution in [1.29, 1.82) is 0 Å². The first kappa shape index (κ1) is 12.5. The molecule has 88 valence electrons. The van der Waals surface area contributed by atoms with Gasteiger partial charge in [0.05, 0.1) is 5.41 Å². The Kier molecular flexibility index (Phi) is 4.58. The molecule has 0 aromatic heterocycles. The lowest BCUT2D eigenvalue weighted by molar-refractivity contribution is -0.149. The largest absolute Gasteiger partial charge is 0.481 e. The molecule has 1 saturated carbocycles. The Bertz CT molecular complexity index is 211. The molecule has 1 aliphatic rings. The van der Waals surface area contributed by atoms with Crippen molar-refractivity contribution in [3.63, 3.8) is 0 Å². The molecule has 0 bridgehead atoms. The molecule has 0 amide bonds. The van der Waals surface area contributed by atoms with Crippen LogP contribution >= 0.6 is 0 Å². The molecule has 2 N–H and O–H groups in total. The predicted molar refractivity (Wildman–Crippen MR) is 58.6 cm³/mol. The molecule has 0 aromatic carbocycles. The minimum absolute atomic E-state index is 0.249. The Morgan fingerprint density at radius 1 is 1.27 bits per heavy atom. The molecule has 0 saturated heterocycles. The van der Waals surface area contributed by atoms with Gasteiger partial charge in [-0.05, 0) is 38.5 Å². The number of carboxylic acids is 1. The van der Waals surface area contributed by atoms with Gasteiger partial charge in [-0.15, -0.1) is 0 Å². The summed E-state index contributed by atoms with van der Waals surface area (Å²) in [7, 11) is 0. The first-order valence-corrected chi connectivity index (χ1v) is 5.95. The Balaban J connectivity index is 2.23. The molecule has 1 unspecified atom stereocenters. The highest BCUT2D eigenvalue weighted by molar-refractivity contribution is 5.75. The molecule has 1 fully saturated rings. The fourth-order valence-electron chi connectivity index (χ4n) is 2.16. The Morgan fingerprint density at radius 2 is 1.87 bits per heavy atom. The monoisotopic (exact) mass is 214 g/mol. The second-order valence-electron chi connectivity index (χ2n) is 4.88. The van der Waals surface area contributed by atoms with E-state index in [1.807, 2.05) is 6.92 Å². The van der Waals surface area contributed by atoms with Crippen LogP contribution in [-0.4, -0.2) is 22.8 Å². The SMILES string of the molecule is CC(CCCCCCO)(C(=O)O)C1CC1. The number of aliphatic carboxylic acids is 1. The van der Waals surface area contributed by atoms with Crippen molar-refractivity contribution in [3.8, 4) is 0 Å². The van der Waals surface area contributed by atoms with Gasteiger partial charge in [-0.1, -0.05) is 19.3 Å². The minimum Gasteiger partial charge on any atom is -0.481 e. The van der Waals surface area contributed by atoms with Crippen LogP contribution in [0.2, 0.25) is 0 Å². The fourth-order valence-corrected chi connectivity index (χ4v) is 2.16. The number of carbonyl (C=O) groups is 1. The van der Waals surface area contributed by atoms with Crippen LogP contribution in [0.5, 0.6) is 0 Å². The topological polar surface area (TPSA) is 57.5 Å². The van der Waals surface area contributed by atoms with E-state index in [2.05, 4.69) is 0 Å². The number of aliphatic hydroxyl groups is 1. The van der Waals surface area contributed by atoms with Crippen molar-refractivity contribution >= 4 is 5.97 Å². The van der Waals surface area contributed by atoms with Crippen LogP contribution in [0.25, 0.3) is 0 Å². The Labute approximate surface area is 91.5 Å². The minimum atomic E-state index is -0.632. The Morgan fingerprint density at radius 3 is 2.33 bits per heavy atom. The summed E-state index contributed by atoms with van der Waals surface area (Å²) in [6.45, 7) is 2.14. The number of unbranched alkanes of at least 4 members (excludes halogenated alkanes) is 3. The van der Waals surface area contributed by atoms with E-state index < -0.39 is 11.4 Å². The molecule has 0 aliphatic heterocycles. The van der Waals surface area contributed by atoms with Crippen LogP contribution in [0.3, 0.4) is 0 Å². The first-order valence-electron chi connectivity index (χ1n) is 5.95. The van der Waals surface area contributed by atoms with Gasteiger partial charge in [0.2, 0.25) is 0 Å². The van der Waals surface area contributed by atoms with Gasteiger partial charge in [0.25, 0.3) is 0 Å². The number of hydrogen-bond donors (Lipinski definition) is 2. The third-order valence-corrected chi connectivity index (χ3v) is 3.57. The average Bonchev–Trinajstić information content (AvgIpc) is 3.00. The van der Waals surface area contributed by atoms with E-state index in [1.54, 1.807) is 0 Å². The third-order valence-electron chi connectivity index (χ3n) is 3.57. The molecular weight excluding hydrogens is 192 g/mol. The zero-order valence-corrected chi connectivity index (χ0v) is 9.54. The van der Waals surface area contributed by atoms with E-state index in [0.717, 1.165) is 44.9 Å². The van der Waals surface area contributed by atoms with E-state index in [9.17, 15) is 9.90 Å². The van der Waals surface area contributed by atoms with Gasteiger partial charge in [0.15, 0.2) is 0 Å². The third kappa shape index (κ3) is 3.49. The van der Waals surface area contributed by atoms with Gasteiger partial charge >= 0.3 is 5.97 Å². The molecular formula is C12H22O3. The molecule has 3 nitrogen and oxygen atoms in total. The first-order chi connectivity index (χ1) is 7.11. The molecule has 0 spiro atoms. The fraction of sp³-hybridized carbons (Fsp3) is 0.917. The summed E-state index contributed by atoms with van der Waals surface area (Å²) < 4.78 is 0. The summed E-state index contributed by atoms with van der Waals surface area (Å²) >= 11 is 0. The van der Waals surface area contributed by atoms with Crippen molar-refractivity contribution in [2.45, 2.75) is 51.9 Å². The number of aliphatic hydroxyl groups excluding tert-OH is 1. The highest BCUT2D eigenvalue weighted by atomic mass is 16.4. The van der Waals surface area contributed by atoms with Crippen LogP contribution < -0.4 is 0 Å². The van der Waals surface area contributed by atoms with Gasteiger partial charge in [-0.25, -0.2) is 0 Å². The lowest BCUT2D eigenvalue weighted by Crippen LogP contribution is -2.29. The molecule has 3 heteroatoms. The lowest BCUT2D eigenvalue weighted by Gasteiger charge is -2.24. The van der Waals surface area contributed by atoms with Gasteiger partial charge in [0.1, 0.15) is 0 Å². The smallest absolute Gasteiger partial charge is 0.309 e. The lowest BCUT2D eigenvalue weighted by atomic mass is 9.80. The van der Waals surface area contributed by atoms with E-state index >= 15 is 0 Å². The van der Waals surface area contributed by atoms with E-state index in [0.29, 0.717) is 5.92 Å². The summed E-state index contributed by atoms with van der Waals surface area (Å²) in [4.78, 5) is 11.2. The maximum absolute atomic E-state index is 11.2. The van der Waals surface area contributed by atoms with Gasteiger partial charge in [-0.2, -0.15) is 0 Å². The van der Waals surface area contributed by atoms with Crippen LogP contribution in [0.15, 0.2) is 0 Å². The molecule has 0 heterocycles. The van der Waals surface area contributed by atoms with Crippen molar-refractivity contribution in [2.24, 2.45) is 11.3 Å². The van der Waals surface area contributed by atoms with Crippen molar-refractivity contribution in [2.75, 3.05) is 6.61 Å². The second kappa shape index (κ2) is 5.50. The number of rotatable bonds is 8. The quantitative estimate of drug-likeness (QED) is 0.610. The standard InChI is InChI=1S/C12H22O3/c1-12(11(14)15,10-6-7-10)8-4-2-3-5-9-13/h10,13H,2-9H2,1H3,(H,14,15). The van der Waals surface area contributed by atoms with Gasteiger partial charge in [-0.3, -0.25) is 4.79 Å². The highest BCUT2D eigenvalue weighted by Crippen LogP contribution is 2.48. The van der Waals surface area contributed by atoms with Gasteiger partial charge in [0, 0.05) is 6.61 Å². The van der Waals surface area contributed by atoms with Crippen molar-refractivity contribution in [1.82, 2.24) is 0 Å². The molecule has 0 radical (unpaired) electrons. The Hall–Kier alpha value is -0.570. The maximum Gasteiger partial charge on any atom is 0.309 e. The van der Waals surface area contributed by atoms with E-state index in [1.165, 1.54) is 0 Å². The van der Waals surface area contributed by atoms with Gasteiger partial charge < -0.3 is 10.2 Å². The van der Waals surface area contributed by atoms with Crippen LogP contribution in [-0.2, 0) is 4.79 Å². The molecule has 1 aliphatic carbocycles. The molecule has 15 heavy (non-hydrogen) atoms. The molecule has 1 atom stereocenters. The zero-order valence-electron chi connectivity index (χ0n) is 9.54. The van der Waals surface area contributed by atoms with Crippen LogP contribution in [0.1, 0.15) is 51.9 Å². The van der Waals surface area contributed by atoms with Crippen LogP contribution in [0, 0.1) is 11.3 Å². The highest BCUT2D eigenvalue weighted by Gasteiger charge is 2.46. The normalized spacial score (nSPS) is 19.9. The number of carboxylic acid groups (broad SMARTS) is 1. The average molecular weight is 214 g/mol. The number of hydrogen-bond acceptors (Lipinski definition) is 2. The summed E-state index contributed by atoms with van der Waals surface area (Å²) in [5, 5.41) is 17.8. The zero-order chi connectivity index (χ0) is 11.3.